The number of benzene rings is 1. The highest BCUT2D eigenvalue weighted by molar-refractivity contribution is 5.91. The molecule has 20 heavy (non-hydrogen) atoms. The molecule has 0 bridgehead atoms. The van der Waals surface area contributed by atoms with Crippen molar-refractivity contribution in [3.63, 3.8) is 0 Å². The predicted molar refractivity (Wildman–Crippen MR) is 80.8 cm³/mol. The number of hydrogen-bond donors (Lipinski definition) is 2. The van der Waals surface area contributed by atoms with Crippen molar-refractivity contribution in [1.82, 2.24) is 4.98 Å². The molecular formula is C16H22N2O2. The molecule has 0 fully saturated rings. The fourth-order valence-corrected chi connectivity index (χ4v) is 2.62. The van der Waals surface area contributed by atoms with Gasteiger partial charge in [-0.1, -0.05) is 12.1 Å². The minimum Gasteiger partial charge on any atom is -0.465 e. The summed E-state index contributed by atoms with van der Waals surface area (Å²) >= 11 is 0. The molecule has 2 aromatic rings. The van der Waals surface area contributed by atoms with Crippen LogP contribution in [0.1, 0.15) is 29.3 Å². The zero-order valence-corrected chi connectivity index (χ0v) is 12.5. The standard InChI is InChI=1S/C16H22N2O2/c1-5-20-16(19)13(17)8-12-11(4)18-15-10(3)7-6-9(2)14(12)15/h6-7,13,18H,5,8,17H2,1-4H3. The Balaban J connectivity index is 2.42. The number of ether oxygens (including phenoxy) is 1. The van der Waals surface area contributed by atoms with Crippen molar-refractivity contribution in [3.8, 4) is 0 Å². The largest absolute Gasteiger partial charge is 0.465 e. The number of aromatic nitrogens is 1. The number of aryl methyl sites for hydroxylation is 3. The molecule has 3 N–H and O–H groups in total. The first-order chi connectivity index (χ1) is 9.45. The van der Waals surface area contributed by atoms with Gasteiger partial charge in [-0.2, -0.15) is 0 Å². The Kier molecular flexibility index (Phi) is 4.14. The Morgan fingerprint density at radius 2 is 1.95 bits per heavy atom. The molecule has 0 amide bonds. The fourth-order valence-electron chi connectivity index (χ4n) is 2.62. The molecule has 1 atom stereocenters. The normalized spacial score (nSPS) is 12.7. The van der Waals surface area contributed by atoms with Gasteiger partial charge in [-0.3, -0.25) is 4.79 Å². The SMILES string of the molecule is CCOC(=O)C(N)Cc1c(C)[nH]c2c(C)ccc(C)c12. The number of H-pyrrole nitrogens is 1. The molecule has 1 unspecified atom stereocenters. The summed E-state index contributed by atoms with van der Waals surface area (Å²) in [5.74, 6) is -0.341. The summed E-state index contributed by atoms with van der Waals surface area (Å²) in [6.45, 7) is 8.32. The van der Waals surface area contributed by atoms with E-state index in [0.29, 0.717) is 13.0 Å². The summed E-state index contributed by atoms with van der Waals surface area (Å²) < 4.78 is 4.98. The second-order valence-electron chi connectivity index (χ2n) is 5.24. The van der Waals surface area contributed by atoms with Crippen molar-refractivity contribution in [2.75, 3.05) is 6.61 Å². The van der Waals surface area contributed by atoms with Gasteiger partial charge in [0.15, 0.2) is 0 Å². The number of fused-ring (bicyclic) bond motifs is 1. The molecule has 4 nitrogen and oxygen atoms in total. The number of hydrogen-bond acceptors (Lipinski definition) is 3. The molecule has 0 aliphatic heterocycles. The molecule has 0 aliphatic rings. The lowest BCUT2D eigenvalue weighted by Gasteiger charge is -2.11. The van der Waals surface area contributed by atoms with Gasteiger partial charge in [-0.15, -0.1) is 0 Å². The van der Waals surface area contributed by atoms with E-state index in [1.165, 1.54) is 16.5 Å². The lowest BCUT2D eigenvalue weighted by atomic mass is 9.98. The molecule has 0 radical (unpaired) electrons. The van der Waals surface area contributed by atoms with Crippen molar-refractivity contribution in [1.29, 1.82) is 0 Å². The van der Waals surface area contributed by atoms with Crippen LogP contribution in [-0.2, 0) is 16.0 Å². The van der Waals surface area contributed by atoms with E-state index in [2.05, 4.69) is 31.0 Å². The number of rotatable bonds is 4. The predicted octanol–water partition coefficient (Wildman–Crippen LogP) is 2.53. The Morgan fingerprint density at radius 1 is 1.30 bits per heavy atom. The molecule has 4 heteroatoms. The van der Waals surface area contributed by atoms with E-state index in [0.717, 1.165) is 16.8 Å². The molecule has 0 spiro atoms. The van der Waals surface area contributed by atoms with Crippen LogP contribution < -0.4 is 5.73 Å². The topological polar surface area (TPSA) is 68.1 Å². The minimum atomic E-state index is -0.618. The molecule has 2 rings (SSSR count). The average molecular weight is 274 g/mol. The van der Waals surface area contributed by atoms with E-state index in [4.69, 9.17) is 10.5 Å². The second-order valence-corrected chi connectivity index (χ2v) is 5.24. The van der Waals surface area contributed by atoms with Crippen molar-refractivity contribution < 1.29 is 9.53 Å². The van der Waals surface area contributed by atoms with E-state index in [1.54, 1.807) is 6.92 Å². The Hall–Kier alpha value is -1.81. The van der Waals surface area contributed by atoms with Crippen molar-refractivity contribution >= 4 is 16.9 Å². The van der Waals surface area contributed by atoms with Crippen LogP contribution >= 0.6 is 0 Å². The van der Waals surface area contributed by atoms with Gasteiger partial charge in [0.1, 0.15) is 6.04 Å². The van der Waals surface area contributed by atoms with Crippen LogP contribution in [0.3, 0.4) is 0 Å². The van der Waals surface area contributed by atoms with Gasteiger partial charge >= 0.3 is 5.97 Å². The third kappa shape index (κ3) is 2.56. The van der Waals surface area contributed by atoms with Gasteiger partial charge < -0.3 is 15.5 Å². The van der Waals surface area contributed by atoms with Gasteiger partial charge in [0.05, 0.1) is 6.61 Å². The molecule has 108 valence electrons. The molecule has 0 aliphatic carbocycles. The first kappa shape index (κ1) is 14.6. The van der Waals surface area contributed by atoms with Gasteiger partial charge in [0, 0.05) is 23.0 Å². The van der Waals surface area contributed by atoms with Crippen LogP contribution in [0.2, 0.25) is 0 Å². The lowest BCUT2D eigenvalue weighted by molar-refractivity contribution is -0.144. The third-order valence-corrected chi connectivity index (χ3v) is 3.70. The molecular weight excluding hydrogens is 252 g/mol. The zero-order chi connectivity index (χ0) is 14.9. The number of nitrogens with two attached hydrogens (primary N) is 1. The summed E-state index contributed by atoms with van der Waals surface area (Å²) in [4.78, 5) is 15.1. The Labute approximate surface area is 119 Å². The van der Waals surface area contributed by atoms with Crippen LogP contribution in [0.4, 0.5) is 0 Å². The number of carbonyl (C=O) groups is 1. The van der Waals surface area contributed by atoms with E-state index >= 15 is 0 Å². The van der Waals surface area contributed by atoms with Crippen molar-refractivity contribution in [2.24, 2.45) is 5.73 Å². The van der Waals surface area contributed by atoms with Crippen molar-refractivity contribution in [2.45, 2.75) is 40.2 Å². The van der Waals surface area contributed by atoms with Gasteiger partial charge in [0.25, 0.3) is 0 Å². The highest BCUT2D eigenvalue weighted by atomic mass is 16.5. The van der Waals surface area contributed by atoms with Crippen molar-refractivity contribution in [3.05, 3.63) is 34.5 Å². The Bertz CT molecular complexity index is 643. The highest BCUT2D eigenvalue weighted by Crippen LogP contribution is 2.28. The summed E-state index contributed by atoms with van der Waals surface area (Å²) in [7, 11) is 0. The smallest absolute Gasteiger partial charge is 0.323 e. The van der Waals surface area contributed by atoms with Gasteiger partial charge in [-0.25, -0.2) is 0 Å². The van der Waals surface area contributed by atoms with Crippen LogP contribution in [0.5, 0.6) is 0 Å². The quantitative estimate of drug-likeness (QED) is 0.842. The maximum Gasteiger partial charge on any atom is 0.323 e. The molecule has 0 saturated carbocycles. The van der Waals surface area contributed by atoms with Crippen LogP contribution in [0, 0.1) is 20.8 Å². The van der Waals surface area contributed by atoms with Gasteiger partial charge in [-0.05, 0) is 44.4 Å². The van der Waals surface area contributed by atoms with Crippen LogP contribution in [-0.4, -0.2) is 23.6 Å². The van der Waals surface area contributed by atoms with Crippen LogP contribution in [0.25, 0.3) is 10.9 Å². The number of carbonyl (C=O) groups excluding carboxylic acids is 1. The highest BCUT2D eigenvalue weighted by Gasteiger charge is 2.20. The van der Waals surface area contributed by atoms with E-state index in [9.17, 15) is 4.79 Å². The van der Waals surface area contributed by atoms with E-state index < -0.39 is 6.04 Å². The molecule has 1 aromatic heterocycles. The van der Waals surface area contributed by atoms with E-state index in [1.807, 2.05) is 6.92 Å². The fraction of sp³-hybridized carbons (Fsp3) is 0.438. The molecule has 1 heterocycles. The Morgan fingerprint density at radius 3 is 2.60 bits per heavy atom. The second kappa shape index (κ2) is 5.67. The average Bonchev–Trinajstić information content (AvgIpc) is 2.73. The molecule has 1 aromatic carbocycles. The van der Waals surface area contributed by atoms with Crippen LogP contribution in [0.15, 0.2) is 12.1 Å². The summed E-state index contributed by atoms with van der Waals surface area (Å²) in [5, 5.41) is 1.18. The minimum absolute atomic E-state index is 0.341. The van der Waals surface area contributed by atoms with Gasteiger partial charge in [0.2, 0.25) is 0 Å². The van der Waals surface area contributed by atoms with E-state index in [-0.39, 0.29) is 5.97 Å². The first-order valence-electron chi connectivity index (χ1n) is 6.95. The summed E-state index contributed by atoms with van der Waals surface area (Å²) in [5.41, 5.74) is 11.7. The maximum atomic E-state index is 11.7. The summed E-state index contributed by atoms with van der Waals surface area (Å²) in [6.07, 6.45) is 0.495. The maximum absolute atomic E-state index is 11.7. The number of nitrogens with one attached hydrogen (secondary N) is 1. The summed E-state index contributed by atoms with van der Waals surface area (Å²) in [6, 6.07) is 3.58. The first-order valence-corrected chi connectivity index (χ1v) is 6.95. The monoisotopic (exact) mass is 274 g/mol. The lowest BCUT2D eigenvalue weighted by Crippen LogP contribution is -2.34. The zero-order valence-electron chi connectivity index (χ0n) is 12.5. The number of aromatic amines is 1. The molecule has 0 saturated heterocycles. The number of esters is 1. The third-order valence-electron chi connectivity index (χ3n) is 3.70.